The van der Waals surface area contributed by atoms with Gasteiger partial charge in [-0.1, -0.05) is 24.9 Å². The Morgan fingerprint density at radius 3 is 3.00 bits per heavy atom. The third-order valence-corrected chi connectivity index (χ3v) is 3.77. The first-order valence-electron chi connectivity index (χ1n) is 6.38. The second-order valence-electron chi connectivity index (χ2n) is 4.82. The van der Waals surface area contributed by atoms with E-state index in [1.54, 1.807) is 0 Å². The summed E-state index contributed by atoms with van der Waals surface area (Å²) in [6.07, 6.45) is 3.83. The van der Waals surface area contributed by atoms with Crippen LogP contribution in [0.3, 0.4) is 0 Å². The number of rotatable bonds is 4. The fraction of sp³-hybridized carbons (Fsp3) is 0.571. The molecular weight excluding hydrogens is 234 g/mol. The van der Waals surface area contributed by atoms with Crippen LogP contribution in [-0.2, 0) is 6.61 Å². The summed E-state index contributed by atoms with van der Waals surface area (Å²) in [7, 11) is 0. The van der Waals surface area contributed by atoms with Crippen molar-refractivity contribution in [2.75, 3.05) is 18.0 Å². The van der Waals surface area contributed by atoms with Crippen LogP contribution in [0, 0.1) is 5.92 Å². The number of hydrogen-bond donors (Lipinski definition) is 1. The van der Waals surface area contributed by atoms with Gasteiger partial charge in [0, 0.05) is 29.4 Å². The van der Waals surface area contributed by atoms with Crippen LogP contribution in [0.1, 0.15) is 31.7 Å². The summed E-state index contributed by atoms with van der Waals surface area (Å²) in [6, 6.07) is 5.80. The van der Waals surface area contributed by atoms with Crippen LogP contribution in [0.5, 0.6) is 0 Å². The molecule has 1 aromatic carbocycles. The normalized spacial score (nSPS) is 19.9. The van der Waals surface area contributed by atoms with Crippen molar-refractivity contribution in [3.63, 3.8) is 0 Å². The van der Waals surface area contributed by atoms with Gasteiger partial charge in [0.15, 0.2) is 0 Å². The van der Waals surface area contributed by atoms with Crippen molar-refractivity contribution >= 4 is 17.3 Å². The molecule has 1 saturated heterocycles. The van der Waals surface area contributed by atoms with Gasteiger partial charge in [0.05, 0.1) is 6.61 Å². The molecule has 2 rings (SSSR count). The fourth-order valence-corrected chi connectivity index (χ4v) is 2.88. The Balaban J connectivity index is 2.12. The van der Waals surface area contributed by atoms with Crippen LogP contribution in [0.4, 0.5) is 5.69 Å². The van der Waals surface area contributed by atoms with Gasteiger partial charge in [-0.2, -0.15) is 0 Å². The Kier molecular flexibility index (Phi) is 4.30. The molecule has 1 atom stereocenters. The SMILES string of the molecule is CCCC1CCN(c2ccc(Cl)cc2CO)C1. The summed E-state index contributed by atoms with van der Waals surface area (Å²) in [5.74, 6) is 0.808. The number of halogens is 1. The van der Waals surface area contributed by atoms with Crippen molar-refractivity contribution in [2.45, 2.75) is 32.8 Å². The quantitative estimate of drug-likeness (QED) is 0.888. The van der Waals surface area contributed by atoms with Gasteiger partial charge in [0.2, 0.25) is 0 Å². The molecule has 0 radical (unpaired) electrons. The average Bonchev–Trinajstić information content (AvgIpc) is 2.78. The van der Waals surface area contributed by atoms with Crippen molar-refractivity contribution in [2.24, 2.45) is 5.92 Å². The first-order valence-corrected chi connectivity index (χ1v) is 6.76. The van der Waals surface area contributed by atoms with Gasteiger partial charge in [-0.15, -0.1) is 0 Å². The fourth-order valence-electron chi connectivity index (χ4n) is 2.68. The Labute approximate surface area is 108 Å². The molecule has 0 aromatic heterocycles. The maximum atomic E-state index is 9.39. The van der Waals surface area contributed by atoms with Crippen molar-refractivity contribution in [1.29, 1.82) is 0 Å². The lowest BCUT2D eigenvalue weighted by molar-refractivity contribution is 0.282. The van der Waals surface area contributed by atoms with Gasteiger partial charge in [0.1, 0.15) is 0 Å². The molecule has 0 bridgehead atoms. The van der Waals surface area contributed by atoms with Crippen LogP contribution < -0.4 is 4.90 Å². The molecule has 0 saturated carbocycles. The van der Waals surface area contributed by atoms with E-state index in [4.69, 9.17) is 11.6 Å². The minimum Gasteiger partial charge on any atom is -0.392 e. The standard InChI is InChI=1S/C14H20ClNO/c1-2-3-11-6-7-16(9-11)14-5-4-13(15)8-12(14)10-17/h4-5,8,11,17H,2-3,6-7,9-10H2,1H3. The first kappa shape index (κ1) is 12.7. The zero-order valence-corrected chi connectivity index (χ0v) is 11.1. The van der Waals surface area contributed by atoms with Crippen LogP contribution in [0.25, 0.3) is 0 Å². The second kappa shape index (κ2) is 5.74. The second-order valence-corrected chi connectivity index (χ2v) is 5.26. The van der Waals surface area contributed by atoms with E-state index in [9.17, 15) is 5.11 Å². The van der Waals surface area contributed by atoms with Crippen molar-refractivity contribution < 1.29 is 5.11 Å². The van der Waals surface area contributed by atoms with Gasteiger partial charge in [-0.05, 0) is 37.0 Å². The van der Waals surface area contributed by atoms with Crippen LogP contribution in [-0.4, -0.2) is 18.2 Å². The van der Waals surface area contributed by atoms with Gasteiger partial charge in [-0.25, -0.2) is 0 Å². The number of aliphatic hydroxyl groups is 1. The van der Waals surface area contributed by atoms with E-state index in [0.29, 0.717) is 5.02 Å². The lowest BCUT2D eigenvalue weighted by Gasteiger charge is -2.21. The number of benzene rings is 1. The summed E-state index contributed by atoms with van der Waals surface area (Å²) in [5, 5.41) is 10.1. The molecule has 1 aliphatic rings. The maximum Gasteiger partial charge on any atom is 0.0702 e. The van der Waals surface area contributed by atoms with E-state index in [2.05, 4.69) is 11.8 Å². The third kappa shape index (κ3) is 2.93. The lowest BCUT2D eigenvalue weighted by atomic mass is 10.0. The van der Waals surface area contributed by atoms with E-state index in [-0.39, 0.29) is 6.61 Å². The van der Waals surface area contributed by atoms with Crippen LogP contribution in [0.2, 0.25) is 5.02 Å². The summed E-state index contributed by atoms with van der Waals surface area (Å²) >= 11 is 5.95. The Hall–Kier alpha value is -0.730. The van der Waals surface area contributed by atoms with E-state index in [0.717, 1.165) is 30.3 Å². The lowest BCUT2D eigenvalue weighted by Crippen LogP contribution is -2.21. The maximum absolute atomic E-state index is 9.39. The largest absolute Gasteiger partial charge is 0.392 e. The summed E-state index contributed by atoms with van der Waals surface area (Å²) in [6.45, 7) is 4.51. The van der Waals surface area contributed by atoms with Crippen molar-refractivity contribution in [3.8, 4) is 0 Å². The molecule has 0 aliphatic carbocycles. The predicted molar refractivity (Wildman–Crippen MR) is 72.6 cm³/mol. The Morgan fingerprint density at radius 2 is 2.29 bits per heavy atom. The van der Waals surface area contributed by atoms with E-state index < -0.39 is 0 Å². The molecule has 0 spiro atoms. The number of hydrogen-bond acceptors (Lipinski definition) is 2. The zero-order valence-electron chi connectivity index (χ0n) is 10.3. The third-order valence-electron chi connectivity index (χ3n) is 3.54. The molecule has 1 aliphatic heterocycles. The summed E-state index contributed by atoms with van der Waals surface area (Å²) in [5.41, 5.74) is 2.09. The topological polar surface area (TPSA) is 23.5 Å². The number of aliphatic hydroxyl groups excluding tert-OH is 1. The van der Waals surface area contributed by atoms with Gasteiger partial charge in [0.25, 0.3) is 0 Å². The molecule has 2 nitrogen and oxygen atoms in total. The minimum atomic E-state index is 0.0604. The molecule has 17 heavy (non-hydrogen) atoms. The van der Waals surface area contributed by atoms with Crippen LogP contribution >= 0.6 is 11.6 Å². The minimum absolute atomic E-state index is 0.0604. The first-order chi connectivity index (χ1) is 8.24. The highest BCUT2D eigenvalue weighted by atomic mass is 35.5. The van der Waals surface area contributed by atoms with Crippen LogP contribution in [0.15, 0.2) is 18.2 Å². The smallest absolute Gasteiger partial charge is 0.0702 e. The average molecular weight is 254 g/mol. The molecule has 1 heterocycles. The zero-order chi connectivity index (χ0) is 12.3. The van der Waals surface area contributed by atoms with E-state index >= 15 is 0 Å². The van der Waals surface area contributed by atoms with Crippen molar-refractivity contribution in [3.05, 3.63) is 28.8 Å². The molecule has 0 amide bonds. The highest BCUT2D eigenvalue weighted by Crippen LogP contribution is 2.30. The summed E-state index contributed by atoms with van der Waals surface area (Å²) in [4.78, 5) is 2.38. The molecule has 1 N–H and O–H groups in total. The predicted octanol–water partition coefficient (Wildman–Crippen LogP) is 3.46. The molecule has 1 aromatic rings. The van der Waals surface area contributed by atoms with Gasteiger partial charge in [-0.3, -0.25) is 0 Å². The molecule has 3 heteroatoms. The Bertz CT molecular complexity index is 380. The van der Waals surface area contributed by atoms with E-state index in [1.807, 2.05) is 18.2 Å². The molecule has 1 unspecified atom stereocenters. The number of anilines is 1. The Morgan fingerprint density at radius 1 is 1.47 bits per heavy atom. The van der Waals surface area contributed by atoms with Gasteiger partial charge < -0.3 is 10.0 Å². The molecule has 94 valence electrons. The monoisotopic (exact) mass is 253 g/mol. The van der Waals surface area contributed by atoms with E-state index in [1.165, 1.54) is 19.3 Å². The highest BCUT2D eigenvalue weighted by Gasteiger charge is 2.23. The summed E-state index contributed by atoms with van der Waals surface area (Å²) < 4.78 is 0. The molecule has 1 fully saturated rings. The number of nitrogens with zero attached hydrogens (tertiary/aromatic N) is 1. The van der Waals surface area contributed by atoms with Crippen molar-refractivity contribution in [1.82, 2.24) is 0 Å². The van der Waals surface area contributed by atoms with Gasteiger partial charge >= 0.3 is 0 Å². The molecular formula is C14H20ClNO. The highest BCUT2D eigenvalue weighted by molar-refractivity contribution is 6.30.